The molecule has 3 nitrogen and oxygen atoms in total. The zero-order valence-electron chi connectivity index (χ0n) is 12.1. The van der Waals surface area contributed by atoms with Gasteiger partial charge in [0.15, 0.2) is 0 Å². The van der Waals surface area contributed by atoms with Crippen molar-refractivity contribution in [3.05, 3.63) is 0 Å². The van der Waals surface area contributed by atoms with Crippen molar-refractivity contribution in [2.45, 2.75) is 45.6 Å². The first-order chi connectivity index (χ1) is 8.74. The molecule has 2 bridgehead atoms. The van der Waals surface area contributed by atoms with Crippen LogP contribution >= 0.6 is 0 Å². The molecule has 0 spiro atoms. The number of fused-ring (bicyclic) bond motifs is 2. The second kappa shape index (κ2) is 6.88. The summed E-state index contributed by atoms with van der Waals surface area (Å²) < 4.78 is 0. The fourth-order valence-electron chi connectivity index (χ4n) is 3.54. The Morgan fingerprint density at radius 2 is 1.22 bits per heavy atom. The summed E-state index contributed by atoms with van der Waals surface area (Å²) in [6.07, 6.45) is 5.11. The molecule has 0 saturated carbocycles. The minimum atomic E-state index is -0.0410. The van der Waals surface area contributed by atoms with Crippen molar-refractivity contribution in [3.8, 4) is 0 Å². The highest BCUT2D eigenvalue weighted by Gasteiger charge is 2.40. The van der Waals surface area contributed by atoms with Crippen molar-refractivity contribution in [1.82, 2.24) is 9.80 Å². The van der Waals surface area contributed by atoms with Gasteiger partial charge in [-0.2, -0.15) is 0 Å². The molecule has 0 aliphatic carbocycles. The second-order valence-corrected chi connectivity index (χ2v) is 6.24. The summed E-state index contributed by atoms with van der Waals surface area (Å²) in [5.74, 6) is 0.984. The molecule has 0 unspecified atom stereocenters. The highest BCUT2D eigenvalue weighted by Crippen LogP contribution is 2.29. The predicted molar refractivity (Wildman–Crippen MR) is 75.7 cm³/mol. The molecular formula is C15H30N2O. The third-order valence-corrected chi connectivity index (χ3v) is 4.59. The van der Waals surface area contributed by atoms with Crippen molar-refractivity contribution in [2.24, 2.45) is 11.8 Å². The maximum absolute atomic E-state index is 10.3. The van der Waals surface area contributed by atoms with Crippen molar-refractivity contribution >= 4 is 0 Å². The summed E-state index contributed by atoms with van der Waals surface area (Å²) in [5.41, 5.74) is 0. The SMILES string of the molecule is CCCCN1CC2CN(CCCC)CC(C1)C2O. The number of rotatable bonds is 6. The number of hydrogen-bond donors (Lipinski definition) is 1. The topological polar surface area (TPSA) is 26.7 Å². The molecule has 0 aromatic heterocycles. The maximum Gasteiger partial charge on any atom is 0.0645 e. The van der Waals surface area contributed by atoms with Crippen LogP contribution < -0.4 is 0 Å². The molecule has 0 amide bonds. The standard InChI is InChI=1S/C15H30N2O/c1-3-5-7-16-9-13-11-17(8-6-4-2)12-14(10-16)15(13)18/h13-15,18H,3-12H2,1-2H3. The van der Waals surface area contributed by atoms with Crippen LogP contribution in [0.25, 0.3) is 0 Å². The molecule has 2 aliphatic heterocycles. The lowest BCUT2D eigenvalue weighted by Crippen LogP contribution is -2.60. The van der Waals surface area contributed by atoms with Crippen LogP contribution in [0.3, 0.4) is 0 Å². The quantitative estimate of drug-likeness (QED) is 0.783. The van der Waals surface area contributed by atoms with Crippen LogP contribution in [-0.4, -0.2) is 60.3 Å². The van der Waals surface area contributed by atoms with E-state index in [1.54, 1.807) is 0 Å². The van der Waals surface area contributed by atoms with Crippen molar-refractivity contribution < 1.29 is 5.11 Å². The molecule has 2 fully saturated rings. The summed E-state index contributed by atoms with van der Waals surface area (Å²) in [6, 6.07) is 0. The summed E-state index contributed by atoms with van der Waals surface area (Å²) in [6.45, 7) is 11.4. The molecule has 0 aromatic rings. The molecule has 0 radical (unpaired) electrons. The largest absolute Gasteiger partial charge is 0.392 e. The van der Waals surface area contributed by atoms with Gasteiger partial charge >= 0.3 is 0 Å². The van der Waals surface area contributed by atoms with Gasteiger partial charge in [-0.15, -0.1) is 0 Å². The molecule has 106 valence electrons. The third kappa shape index (κ3) is 3.46. The van der Waals surface area contributed by atoms with Crippen LogP contribution in [0.5, 0.6) is 0 Å². The number of piperidine rings is 2. The monoisotopic (exact) mass is 254 g/mol. The summed E-state index contributed by atoms with van der Waals surface area (Å²) in [7, 11) is 0. The molecular weight excluding hydrogens is 224 g/mol. The van der Waals surface area contributed by atoms with Crippen LogP contribution in [0.1, 0.15) is 39.5 Å². The highest BCUT2D eigenvalue weighted by molar-refractivity contribution is 4.93. The van der Waals surface area contributed by atoms with E-state index < -0.39 is 0 Å². The van der Waals surface area contributed by atoms with E-state index in [2.05, 4.69) is 23.6 Å². The van der Waals surface area contributed by atoms with Gasteiger partial charge in [-0.25, -0.2) is 0 Å². The molecule has 2 aliphatic rings. The third-order valence-electron chi connectivity index (χ3n) is 4.59. The summed E-state index contributed by atoms with van der Waals surface area (Å²) >= 11 is 0. The van der Waals surface area contributed by atoms with Gasteiger partial charge in [0.2, 0.25) is 0 Å². The normalized spacial score (nSPS) is 33.8. The van der Waals surface area contributed by atoms with E-state index in [0.29, 0.717) is 11.8 Å². The predicted octanol–water partition coefficient (Wildman–Crippen LogP) is 1.81. The summed E-state index contributed by atoms with van der Waals surface area (Å²) in [4.78, 5) is 5.17. The van der Waals surface area contributed by atoms with E-state index in [1.165, 1.54) is 38.8 Å². The van der Waals surface area contributed by atoms with Crippen molar-refractivity contribution in [2.75, 3.05) is 39.3 Å². The Morgan fingerprint density at radius 3 is 1.56 bits per heavy atom. The maximum atomic E-state index is 10.3. The molecule has 1 N–H and O–H groups in total. The Labute approximate surface area is 112 Å². The molecule has 2 saturated heterocycles. The molecule has 3 heteroatoms. The van der Waals surface area contributed by atoms with Gasteiger partial charge in [0.05, 0.1) is 6.10 Å². The molecule has 0 atom stereocenters. The fraction of sp³-hybridized carbons (Fsp3) is 1.00. The lowest BCUT2D eigenvalue weighted by Gasteiger charge is -2.49. The zero-order valence-corrected chi connectivity index (χ0v) is 12.1. The highest BCUT2D eigenvalue weighted by atomic mass is 16.3. The van der Waals surface area contributed by atoms with Crippen molar-refractivity contribution in [1.29, 1.82) is 0 Å². The molecule has 18 heavy (non-hydrogen) atoms. The number of hydrogen-bond acceptors (Lipinski definition) is 3. The van der Waals surface area contributed by atoms with Gasteiger partial charge < -0.3 is 14.9 Å². The minimum Gasteiger partial charge on any atom is -0.392 e. The van der Waals surface area contributed by atoms with E-state index in [-0.39, 0.29) is 6.10 Å². The lowest BCUT2D eigenvalue weighted by atomic mass is 9.81. The van der Waals surface area contributed by atoms with Gasteiger partial charge in [0, 0.05) is 38.0 Å². The first-order valence-electron chi connectivity index (χ1n) is 7.87. The van der Waals surface area contributed by atoms with Crippen LogP contribution in [0.2, 0.25) is 0 Å². The Bertz CT molecular complexity index is 211. The summed E-state index contributed by atoms with van der Waals surface area (Å²) in [5, 5.41) is 10.3. The van der Waals surface area contributed by atoms with Crippen LogP contribution in [-0.2, 0) is 0 Å². The molecule has 0 aromatic carbocycles. The average molecular weight is 254 g/mol. The number of likely N-dealkylation sites (tertiary alicyclic amines) is 2. The Hall–Kier alpha value is -0.120. The van der Waals surface area contributed by atoms with E-state index in [0.717, 1.165) is 26.2 Å². The van der Waals surface area contributed by atoms with Crippen LogP contribution in [0.4, 0.5) is 0 Å². The molecule has 2 heterocycles. The second-order valence-electron chi connectivity index (χ2n) is 6.24. The van der Waals surface area contributed by atoms with E-state index >= 15 is 0 Å². The van der Waals surface area contributed by atoms with Gasteiger partial charge in [0.1, 0.15) is 0 Å². The fourth-order valence-corrected chi connectivity index (χ4v) is 3.54. The Balaban J connectivity index is 1.85. The van der Waals surface area contributed by atoms with E-state index in [1.807, 2.05) is 0 Å². The number of aliphatic hydroxyl groups is 1. The Morgan fingerprint density at radius 1 is 0.833 bits per heavy atom. The number of aliphatic hydroxyl groups excluding tert-OH is 1. The minimum absolute atomic E-state index is 0.0410. The van der Waals surface area contributed by atoms with Gasteiger partial charge in [0.25, 0.3) is 0 Å². The Kier molecular flexibility index (Phi) is 5.46. The van der Waals surface area contributed by atoms with Gasteiger partial charge in [-0.3, -0.25) is 0 Å². The van der Waals surface area contributed by atoms with Crippen LogP contribution in [0, 0.1) is 11.8 Å². The van der Waals surface area contributed by atoms with Crippen LogP contribution in [0.15, 0.2) is 0 Å². The molecule has 2 rings (SSSR count). The number of unbranched alkanes of at least 4 members (excludes halogenated alkanes) is 2. The smallest absolute Gasteiger partial charge is 0.0645 e. The van der Waals surface area contributed by atoms with E-state index in [4.69, 9.17) is 0 Å². The lowest BCUT2D eigenvalue weighted by molar-refractivity contribution is -0.0781. The first kappa shape index (κ1) is 14.3. The zero-order chi connectivity index (χ0) is 13.0. The van der Waals surface area contributed by atoms with Gasteiger partial charge in [-0.1, -0.05) is 26.7 Å². The van der Waals surface area contributed by atoms with Crippen molar-refractivity contribution in [3.63, 3.8) is 0 Å². The number of nitrogens with zero attached hydrogens (tertiary/aromatic N) is 2. The average Bonchev–Trinajstić information content (AvgIpc) is 2.35. The first-order valence-corrected chi connectivity index (χ1v) is 7.87. The van der Waals surface area contributed by atoms with E-state index in [9.17, 15) is 5.11 Å². The van der Waals surface area contributed by atoms with Gasteiger partial charge in [-0.05, 0) is 25.9 Å².